The van der Waals surface area contributed by atoms with Crippen LogP contribution in [0.3, 0.4) is 0 Å². The number of unbranched alkanes of at least 4 members (excludes halogenated alkanes) is 2. The molecule has 0 unspecified atom stereocenters. The zero-order chi connectivity index (χ0) is 30.3. The summed E-state index contributed by atoms with van der Waals surface area (Å²) in [6.45, 7) is 2.22. The Morgan fingerprint density at radius 3 is 1.79 bits per heavy atom. The summed E-state index contributed by atoms with van der Waals surface area (Å²) < 4.78 is 102. The van der Waals surface area contributed by atoms with Gasteiger partial charge < -0.3 is 9.47 Å². The van der Waals surface area contributed by atoms with Crippen LogP contribution in [0, 0.1) is 29.4 Å². The fourth-order valence-electron chi connectivity index (χ4n) is 6.63. The summed E-state index contributed by atoms with van der Waals surface area (Å²) >= 11 is 0. The molecule has 0 atom stereocenters. The van der Waals surface area contributed by atoms with Crippen molar-refractivity contribution in [1.82, 2.24) is 0 Å². The highest BCUT2D eigenvalue weighted by Gasteiger charge is 2.44. The number of halogens is 7. The Hall–Kier alpha value is -2.45. The fraction of sp³-hybridized carbons (Fsp3) is 0.636. The van der Waals surface area contributed by atoms with Gasteiger partial charge >= 0.3 is 12.5 Å². The molecule has 4 rings (SSSR count). The third-order valence-corrected chi connectivity index (χ3v) is 9.12. The van der Waals surface area contributed by atoms with Crippen molar-refractivity contribution in [3.05, 3.63) is 59.2 Å². The monoisotopic (exact) mass is 602 g/mol. The lowest BCUT2D eigenvalue weighted by Gasteiger charge is -2.34. The second-order valence-electron chi connectivity index (χ2n) is 12.1. The quantitative estimate of drug-likeness (QED) is 0.178. The average molecular weight is 603 g/mol. The maximum absolute atomic E-state index is 14.8. The largest absolute Gasteiger partial charge is 0.573 e. The first-order valence-corrected chi connectivity index (χ1v) is 15.3. The Morgan fingerprint density at radius 1 is 0.714 bits per heavy atom. The molecule has 2 aliphatic carbocycles. The van der Waals surface area contributed by atoms with E-state index in [0.29, 0.717) is 30.6 Å². The van der Waals surface area contributed by atoms with Gasteiger partial charge in [0.2, 0.25) is 5.75 Å². The van der Waals surface area contributed by atoms with Crippen molar-refractivity contribution < 1.29 is 40.2 Å². The fourth-order valence-corrected chi connectivity index (χ4v) is 6.63. The van der Waals surface area contributed by atoms with Gasteiger partial charge in [-0.2, -0.15) is 8.78 Å². The van der Waals surface area contributed by atoms with E-state index in [4.69, 9.17) is 0 Å². The third kappa shape index (κ3) is 9.27. The van der Waals surface area contributed by atoms with Crippen LogP contribution in [0.25, 0.3) is 0 Å². The minimum atomic E-state index is -5.33. The minimum absolute atomic E-state index is 0.207. The molecule has 0 heterocycles. The van der Waals surface area contributed by atoms with E-state index in [1.807, 2.05) is 0 Å². The van der Waals surface area contributed by atoms with E-state index < -0.39 is 41.5 Å². The molecule has 2 fully saturated rings. The maximum atomic E-state index is 14.8. The predicted octanol–water partition coefficient (Wildman–Crippen LogP) is 11.1. The molecule has 2 aliphatic rings. The lowest BCUT2D eigenvalue weighted by atomic mass is 9.74. The number of alkyl halides is 5. The first kappa shape index (κ1) is 32.5. The number of aryl methyl sites for hydroxylation is 1. The molecule has 2 aromatic rings. The lowest BCUT2D eigenvalue weighted by molar-refractivity contribution is -0.276. The van der Waals surface area contributed by atoms with Gasteiger partial charge in [-0.1, -0.05) is 56.9 Å². The summed E-state index contributed by atoms with van der Waals surface area (Å²) in [7, 11) is 0. The van der Waals surface area contributed by atoms with Gasteiger partial charge in [0.25, 0.3) is 0 Å². The SMILES string of the molecule is CCCCCc1ccc(C2CCC(CCC3CCC(C(F)(F)Oc4cc(F)c(OC(F)(F)F)c(F)c4)CC3)CC2)cc1. The summed E-state index contributed by atoms with van der Waals surface area (Å²) in [6.07, 6.45) is 4.32. The highest BCUT2D eigenvalue weighted by atomic mass is 19.4. The highest BCUT2D eigenvalue weighted by molar-refractivity contribution is 5.35. The Labute approximate surface area is 244 Å². The van der Waals surface area contributed by atoms with Crippen LogP contribution in [0.15, 0.2) is 36.4 Å². The van der Waals surface area contributed by atoms with Gasteiger partial charge in [-0.3, -0.25) is 0 Å². The van der Waals surface area contributed by atoms with Crippen LogP contribution in [0.2, 0.25) is 0 Å². The maximum Gasteiger partial charge on any atom is 0.573 e. The number of hydrogen-bond acceptors (Lipinski definition) is 2. The van der Waals surface area contributed by atoms with Crippen LogP contribution >= 0.6 is 0 Å². The number of rotatable bonds is 12. The highest BCUT2D eigenvalue weighted by Crippen LogP contribution is 2.44. The Balaban J connectivity index is 1.18. The summed E-state index contributed by atoms with van der Waals surface area (Å²) in [6, 6.07) is 9.72. The van der Waals surface area contributed by atoms with Crippen LogP contribution in [-0.4, -0.2) is 12.5 Å². The standard InChI is InChI=1S/C33H41F7O2/c1-2-3-4-5-22-8-14-25(15-9-22)26-16-10-23(11-17-26)6-7-24-12-18-27(19-13-24)32(36,37)41-28-20-29(34)31(30(35)21-28)42-33(38,39)40/h8-9,14-15,20-21,23-24,26-27H,2-7,10-13,16-19H2,1H3. The second kappa shape index (κ2) is 14.3. The molecule has 0 N–H and O–H groups in total. The van der Waals surface area contributed by atoms with Crippen molar-refractivity contribution in [1.29, 1.82) is 0 Å². The molecule has 42 heavy (non-hydrogen) atoms. The zero-order valence-electron chi connectivity index (χ0n) is 24.1. The van der Waals surface area contributed by atoms with Crippen LogP contribution < -0.4 is 9.47 Å². The van der Waals surface area contributed by atoms with Gasteiger partial charge in [-0.25, -0.2) is 8.78 Å². The molecule has 0 aliphatic heterocycles. The van der Waals surface area contributed by atoms with Gasteiger partial charge in [0.05, 0.1) is 5.92 Å². The summed E-state index contributed by atoms with van der Waals surface area (Å²) in [5.74, 6) is -5.66. The van der Waals surface area contributed by atoms with Crippen LogP contribution in [0.5, 0.6) is 11.5 Å². The normalized spacial score (nSPS) is 23.5. The van der Waals surface area contributed by atoms with Crippen molar-refractivity contribution in [2.24, 2.45) is 17.8 Å². The Kier molecular flexibility index (Phi) is 11.1. The number of hydrogen-bond donors (Lipinski definition) is 0. The van der Waals surface area contributed by atoms with Gasteiger partial charge in [0.15, 0.2) is 11.6 Å². The smallest absolute Gasteiger partial charge is 0.432 e. The Morgan fingerprint density at radius 2 is 1.26 bits per heavy atom. The molecule has 0 saturated heterocycles. The van der Waals surface area contributed by atoms with Gasteiger partial charge in [-0.15, -0.1) is 13.2 Å². The van der Waals surface area contributed by atoms with E-state index in [1.165, 1.54) is 56.1 Å². The summed E-state index contributed by atoms with van der Waals surface area (Å²) in [5.41, 5.74) is 2.85. The molecule has 0 amide bonds. The van der Waals surface area contributed by atoms with E-state index in [-0.39, 0.29) is 25.0 Å². The van der Waals surface area contributed by atoms with Crippen LogP contribution in [0.1, 0.15) is 107 Å². The molecule has 2 nitrogen and oxygen atoms in total. The second-order valence-corrected chi connectivity index (χ2v) is 12.1. The molecule has 0 radical (unpaired) electrons. The first-order valence-electron chi connectivity index (χ1n) is 15.3. The van der Waals surface area contributed by atoms with E-state index in [9.17, 15) is 30.7 Å². The topological polar surface area (TPSA) is 18.5 Å². The molecular formula is C33H41F7O2. The zero-order valence-corrected chi connectivity index (χ0v) is 24.1. The van der Waals surface area contributed by atoms with Crippen LogP contribution in [0.4, 0.5) is 30.7 Å². The van der Waals surface area contributed by atoms with Crippen molar-refractivity contribution in [3.63, 3.8) is 0 Å². The molecule has 9 heteroatoms. The minimum Gasteiger partial charge on any atom is -0.432 e. The van der Waals surface area contributed by atoms with Crippen LogP contribution in [-0.2, 0) is 6.42 Å². The molecule has 234 valence electrons. The number of benzene rings is 2. The third-order valence-electron chi connectivity index (χ3n) is 9.12. The molecular weight excluding hydrogens is 561 g/mol. The first-order chi connectivity index (χ1) is 19.9. The Bertz CT molecular complexity index is 1090. The lowest BCUT2D eigenvalue weighted by Crippen LogP contribution is -2.37. The average Bonchev–Trinajstić information content (AvgIpc) is 2.94. The van der Waals surface area contributed by atoms with E-state index in [0.717, 1.165) is 19.3 Å². The molecule has 0 aromatic heterocycles. The van der Waals surface area contributed by atoms with Crippen molar-refractivity contribution >= 4 is 0 Å². The van der Waals surface area contributed by atoms with E-state index >= 15 is 0 Å². The van der Waals surface area contributed by atoms with Crippen molar-refractivity contribution in [2.45, 2.75) is 115 Å². The predicted molar refractivity (Wildman–Crippen MR) is 148 cm³/mol. The van der Waals surface area contributed by atoms with Gasteiger partial charge in [-0.05, 0) is 93.1 Å². The van der Waals surface area contributed by atoms with Crippen molar-refractivity contribution in [3.8, 4) is 11.5 Å². The van der Waals surface area contributed by atoms with Crippen molar-refractivity contribution in [2.75, 3.05) is 0 Å². The van der Waals surface area contributed by atoms with E-state index in [1.54, 1.807) is 0 Å². The molecule has 0 spiro atoms. The summed E-state index contributed by atoms with van der Waals surface area (Å²) in [5, 5.41) is 0. The molecule has 2 saturated carbocycles. The van der Waals surface area contributed by atoms with Gasteiger partial charge in [0.1, 0.15) is 5.75 Å². The number of ether oxygens (including phenoxy) is 2. The van der Waals surface area contributed by atoms with E-state index in [2.05, 4.69) is 40.7 Å². The van der Waals surface area contributed by atoms with Gasteiger partial charge in [0, 0.05) is 12.1 Å². The molecule has 0 bridgehead atoms. The summed E-state index contributed by atoms with van der Waals surface area (Å²) in [4.78, 5) is 0. The molecule has 2 aromatic carbocycles.